The third kappa shape index (κ3) is 1.95. The Morgan fingerprint density at radius 1 is 1.53 bits per heavy atom. The highest BCUT2D eigenvalue weighted by Gasteiger charge is 2.42. The predicted molar refractivity (Wildman–Crippen MR) is 50.0 cm³/mol. The molecule has 2 aliphatic rings. The summed E-state index contributed by atoms with van der Waals surface area (Å²) in [4.78, 5) is 24.4. The minimum atomic E-state index is -0.380. The number of nitrogens with zero attached hydrogens (tertiary/aromatic N) is 1. The Bertz CT molecular complexity index is 257. The largest absolute Gasteiger partial charge is 0.394 e. The summed E-state index contributed by atoms with van der Waals surface area (Å²) in [5.41, 5.74) is 0. The first-order valence-corrected chi connectivity index (χ1v) is 5.02. The van der Waals surface area contributed by atoms with Crippen molar-refractivity contribution in [2.75, 3.05) is 26.3 Å². The molecule has 2 atom stereocenters. The third-order valence-electron chi connectivity index (χ3n) is 2.74. The van der Waals surface area contributed by atoms with E-state index >= 15 is 0 Å². The molecule has 0 unspecified atom stereocenters. The van der Waals surface area contributed by atoms with Crippen molar-refractivity contribution in [3.63, 3.8) is 0 Å². The molecular weight excluding hydrogens is 200 g/mol. The van der Waals surface area contributed by atoms with E-state index in [9.17, 15) is 9.59 Å². The van der Waals surface area contributed by atoms with E-state index in [0.29, 0.717) is 13.0 Å². The average Bonchev–Trinajstić information content (AvgIpc) is 2.66. The summed E-state index contributed by atoms with van der Waals surface area (Å²) in [7, 11) is 0. The van der Waals surface area contributed by atoms with E-state index in [0.717, 1.165) is 0 Å². The summed E-state index contributed by atoms with van der Waals surface area (Å²) in [5, 5.41) is 11.1. The molecule has 6 nitrogen and oxygen atoms in total. The van der Waals surface area contributed by atoms with Crippen LogP contribution in [0.4, 0.5) is 0 Å². The third-order valence-corrected chi connectivity index (χ3v) is 2.74. The topological polar surface area (TPSA) is 78.9 Å². The smallest absolute Gasteiger partial charge is 0.243 e. The van der Waals surface area contributed by atoms with Crippen molar-refractivity contribution in [2.45, 2.75) is 18.6 Å². The fraction of sp³-hybridized carbons (Fsp3) is 0.778. The van der Waals surface area contributed by atoms with Crippen LogP contribution in [0.5, 0.6) is 0 Å². The highest BCUT2D eigenvalue weighted by atomic mass is 16.5. The molecule has 2 fully saturated rings. The number of aliphatic hydroxyl groups is 1. The monoisotopic (exact) mass is 214 g/mol. The first-order chi connectivity index (χ1) is 7.22. The van der Waals surface area contributed by atoms with Crippen LogP contribution >= 0.6 is 0 Å². The van der Waals surface area contributed by atoms with Crippen LogP contribution in [0.15, 0.2) is 0 Å². The number of piperazine rings is 1. The van der Waals surface area contributed by atoms with Crippen molar-refractivity contribution in [3.05, 3.63) is 0 Å². The SMILES string of the molecule is O=C1NCC(=O)N2C[C@H](OCCO)C[C@@H]12. The second-order valence-electron chi connectivity index (χ2n) is 3.73. The van der Waals surface area contributed by atoms with Gasteiger partial charge in [0, 0.05) is 13.0 Å². The number of carbonyl (C=O) groups is 2. The van der Waals surface area contributed by atoms with Gasteiger partial charge in [0.05, 0.1) is 25.9 Å². The molecule has 2 saturated heterocycles. The summed E-state index contributed by atoms with van der Waals surface area (Å²) in [6, 6.07) is -0.380. The molecule has 2 rings (SSSR count). The fourth-order valence-corrected chi connectivity index (χ4v) is 2.04. The molecular formula is C9H14N2O4. The molecule has 0 radical (unpaired) electrons. The summed E-state index contributed by atoms with van der Waals surface area (Å²) in [6.07, 6.45) is 0.396. The molecule has 2 amide bonds. The minimum Gasteiger partial charge on any atom is -0.394 e. The molecule has 0 aromatic heterocycles. The van der Waals surface area contributed by atoms with E-state index in [4.69, 9.17) is 9.84 Å². The normalized spacial score (nSPS) is 30.3. The molecule has 15 heavy (non-hydrogen) atoms. The van der Waals surface area contributed by atoms with Gasteiger partial charge in [0.25, 0.3) is 0 Å². The lowest BCUT2D eigenvalue weighted by molar-refractivity contribution is -0.143. The molecule has 0 bridgehead atoms. The number of amides is 2. The van der Waals surface area contributed by atoms with Crippen LogP contribution in [0.1, 0.15) is 6.42 Å². The van der Waals surface area contributed by atoms with Crippen molar-refractivity contribution < 1.29 is 19.4 Å². The number of hydrogen-bond acceptors (Lipinski definition) is 4. The number of carbonyl (C=O) groups excluding carboxylic acids is 2. The summed E-state index contributed by atoms with van der Waals surface area (Å²) >= 11 is 0. The van der Waals surface area contributed by atoms with Gasteiger partial charge in [0.2, 0.25) is 11.8 Å². The molecule has 0 aliphatic carbocycles. The predicted octanol–water partition coefficient (Wildman–Crippen LogP) is -1.91. The van der Waals surface area contributed by atoms with Gasteiger partial charge in [-0.15, -0.1) is 0 Å². The van der Waals surface area contributed by atoms with Gasteiger partial charge in [-0.2, -0.15) is 0 Å². The Morgan fingerprint density at radius 2 is 2.33 bits per heavy atom. The molecule has 0 spiro atoms. The van der Waals surface area contributed by atoms with Crippen molar-refractivity contribution in [3.8, 4) is 0 Å². The molecule has 0 aromatic carbocycles. The lowest BCUT2D eigenvalue weighted by atomic mass is 10.1. The Morgan fingerprint density at radius 3 is 3.00 bits per heavy atom. The van der Waals surface area contributed by atoms with Crippen LogP contribution < -0.4 is 5.32 Å². The van der Waals surface area contributed by atoms with Gasteiger partial charge in [0.15, 0.2) is 0 Å². The van der Waals surface area contributed by atoms with Crippen LogP contribution in [0.2, 0.25) is 0 Å². The number of nitrogens with one attached hydrogen (secondary N) is 1. The zero-order valence-corrected chi connectivity index (χ0v) is 8.31. The molecule has 2 aliphatic heterocycles. The second-order valence-corrected chi connectivity index (χ2v) is 3.73. The van der Waals surface area contributed by atoms with E-state index in [1.54, 1.807) is 4.90 Å². The van der Waals surface area contributed by atoms with Crippen molar-refractivity contribution >= 4 is 11.8 Å². The van der Waals surface area contributed by atoms with Gasteiger partial charge < -0.3 is 20.1 Å². The maximum absolute atomic E-state index is 11.4. The first-order valence-electron chi connectivity index (χ1n) is 5.02. The highest BCUT2D eigenvalue weighted by molar-refractivity contribution is 5.95. The molecule has 2 N–H and O–H groups in total. The molecule has 6 heteroatoms. The van der Waals surface area contributed by atoms with Crippen molar-refractivity contribution in [1.82, 2.24) is 10.2 Å². The van der Waals surface area contributed by atoms with Crippen LogP contribution in [-0.2, 0) is 14.3 Å². The van der Waals surface area contributed by atoms with Gasteiger partial charge in [-0.05, 0) is 0 Å². The van der Waals surface area contributed by atoms with Crippen LogP contribution in [0.3, 0.4) is 0 Å². The number of ether oxygens (including phenoxy) is 1. The summed E-state index contributed by atoms with van der Waals surface area (Å²) in [6.45, 7) is 0.751. The first kappa shape index (κ1) is 10.4. The zero-order valence-electron chi connectivity index (χ0n) is 8.31. The standard InChI is InChI=1S/C9H14N2O4/c12-1-2-15-6-3-7-9(14)10-4-8(13)11(7)5-6/h6-7,12H,1-5H2,(H,10,14)/t6-,7+/m1/s1. The van der Waals surface area contributed by atoms with Crippen molar-refractivity contribution in [2.24, 2.45) is 0 Å². The molecule has 84 valence electrons. The number of aliphatic hydroxyl groups excluding tert-OH is 1. The Kier molecular flexibility index (Phi) is 2.88. The van der Waals surface area contributed by atoms with Crippen LogP contribution in [-0.4, -0.2) is 60.3 Å². The van der Waals surface area contributed by atoms with E-state index in [1.807, 2.05) is 0 Å². The van der Waals surface area contributed by atoms with Gasteiger partial charge in [-0.3, -0.25) is 9.59 Å². The van der Waals surface area contributed by atoms with E-state index in [-0.39, 0.29) is 43.7 Å². The number of rotatable bonds is 3. The van der Waals surface area contributed by atoms with Gasteiger partial charge >= 0.3 is 0 Å². The summed E-state index contributed by atoms with van der Waals surface area (Å²) in [5.74, 6) is -0.167. The van der Waals surface area contributed by atoms with E-state index in [2.05, 4.69) is 5.32 Å². The molecule has 2 heterocycles. The van der Waals surface area contributed by atoms with E-state index in [1.165, 1.54) is 0 Å². The van der Waals surface area contributed by atoms with Gasteiger partial charge in [0.1, 0.15) is 6.04 Å². The number of hydrogen-bond donors (Lipinski definition) is 2. The van der Waals surface area contributed by atoms with Crippen molar-refractivity contribution in [1.29, 1.82) is 0 Å². The Hall–Kier alpha value is -1.14. The van der Waals surface area contributed by atoms with Gasteiger partial charge in [-0.1, -0.05) is 0 Å². The van der Waals surface area contributed by atoms with Gasteiger partial charge in [-0.25, -0.2) is 0 Å². The Balaban J connectivity index is 1.97. The fourth-order valence-electron chi connectivity index (χ4n) is 2.04. The molecule has 0 aromatic rings. The quantitative estimate of drug-likeness (QED) is 0.575. The maximum Gasteiger partial charge on any atom is 0.243 e. The molecule has 0 saturated carbocycles. The Labute approximate surface area is 87.2 Å². The minimum absolute atomic E-state index is 0.0404. The zero-order chi connectivity index (χ0) is 10.8. The lowest BCUT2D eigenvalue weighted by Crippen LogP contribution is -2.55. The second kappa shape index (κ2) is 4.16. The lowest BCUT2D eigenvalue weighted by Gasteiger charge is -2.28. The van der Waals surface area contributed by atoms with E-state index < -0.39 is 0 Å². The maximum atomic E-state index is 11.4. The number of fused-ring (bicyclic) bond motifs is 1. The average molecular weight is 214 g/mol. The van der Waals surface area contributed by atoms with Crippen LogP contribution in [0, 0.1) is 0 Å². The summed E-state index contributed by atoms with van der Waals surface area (Å²) < 4.78 is 5.32. The van der Waals surface area contributed by atoms with Crippen LogP contribution in [0.25, 0.3) is 0 Å². The highest BCUT2D eigenvalue weighted by Crippen LogP contribution is 2.22.